The zero-order valence-electron chi connectivity index (χ0n) is 18.2. The normalized spacial score (nSPS) is 23.9. The molecule has 2 aliphatic rings. The second-order valence-electron chi connectivity index (χ2n) is 8.20. The maximum atomic E-state index is 12.9. The molecule has 11 heteroatoms. The number of pyridine rings is 2. The largest absolute Gasteiger partial charge is 0.335 e. The molecule has 2 fully saturated rings. The summed E-state index contributed by atoms with van der Waals surface area (Å²) in [4.78, 5) is 38.4. The van der Waals surface area contributed by atoms with Gasteiger partial charge < -0.3 is 26.6 Å². The standard InChI is InChI=1S/C21H29N9O2/c1-12-13(3-4-15(25-12)21(32)30-9-7-29(2)8-10-30)14-5-6-24-11-16(14)26-20(31)17-18(22)27-28-19(17)23/h3-6,11,17-19,27-28H,7-10,22-23H2,1-2H3,(H,26,31). The van der Waals surface area contributed by atoms with Crippen molar-refractivity contribution in [2.75, 3.05) is 38.5 Å². The quantitative estimate of drug-likeness (QED) is 0.406. The first-order valence-electron chi connectivity index (χ1n) is 10.6. The molecule has 2 amide bonds. The topological polar surface area (TPSA) is 155 Å². The molecule has 7 N–H and O–H groups in total. The summed E-state index contributed by atoms with van der Waals surface area (Å²) in [5.41, 5.74) is 20.6. The molecule has 4 heterocycles. The van der Waals surface area contributed by atoms with E-state index in [9.17, 15) is 9.59 Å². The third kappa shape index (κ3) is 4.47. The van der Waals surface area contributed by atoms with Crippen LogP contribution in [-0.4, -0.2) is 77.1 Å². The van der Waals surface area contributed by atoms with Gasteiger partial charge in [0.25, 0.3) is 5.91 Å². The SMILES string of the molecule is Cc1nc(C(=O)N2CCN(C)CC2)ccc1-c1ccncc1NC(=O)C1C(N)NNC1N. The van der Waals surface area contributed by atoms with Crippen molar-refractivity contribution < 1.29 is 9.59 Å². The summed E-state index contributed by atoms with van der Waals surface area (Å²) in [5, 5.41) is 2.88. The van der Waals surface area contributed by atoms with Crippen LogP contribution < -0.4 is 27.6 Å². The van der Waals surface area contributed by atoms with Gasteiger partial charge in [-0.1, -0.05) is 6.07 Å². The molecule has 2 unspecified atom stereocenters. The summed E-state index contributed by atoms with van der Waals surface area (Å²) < 4.78 is 0. The highest BCUT2D eigenvalue weighted by Gasteiger charge is 2.37. The van der Waals surface area contributed by atoms with Gasteiger partial charge in [-0.15, -0.1) is 0 Å². The molecule has 170 valence electrons. The molecule has 4 rings (SSSR count). The van der Waals surface area contributed by atoms with Crippen molar-refractivity contribution in [2.45, 2.75) is 19.3 Å². The fourth-order valence-corrected chi connectivity index (χ4v) is 4.00. The number of hydrogen-bond donors (Lipinski definition) is 5. The van der Waals surface area contributed by atoms with Crippen molar-refractivity contribution in [3.8, 4) is 11.1 Å². The lowest BCUT2D eigenvalue weighted by Crippen LogP contribution is -2.47. The van der Waals surface area contributed by atoms with Crippen LogP contribution in [0, 0.1) is 12.8 Å². The lowest BCUT2D eigenvalue weighted by Gasteiger charge is -2.32. The first-order chi connectivity index (χ1) is 15.3. The van der Waals surface area contributed by atoms with Gasteiger partial charge in [0.15, 0.2) is 0 Å². The lowest BCUT2D eigenvalue weighted by molar-refractivity contribution is -0.120. The van der Waals surface area contributed by atoms with E-state index in [0.29, 0.717) is 30.2 Å². The van der Waals surface area contributed by atoms with Gasteiger partial charge in [0.2, 0.25) is 5.91 Å². The Morgan fingerprint density at radius 1 is 1.06 bits per heavy atom. The number of amides is 2. The monoisotopic (exact) mass is 439 g/mol. The number of nitrogens with two attached hydrogens (primary N) is 2. The first kappa shape index (κ1) is 22.2. The second-order valence-corrected chi connectivity index (χ2v) is 8.20. The Balaban J connectivity index is 1.55. The van der Waals surface area contributed by atoms with Crippen LogP contribution in [0.25, 0.3) is 11.1 Å². The molecule has 32 heavy (non-hydrogen) atoms. The molecular weight excluding hydrogens is 410 g/mol. The van der Waals surface area contributed by atoms with Crippen LogP contribution in [0.3, 0.4) is 0 Å². The third-order valence-corrected chi connectivity index (χ3v) is 5.96. The molecule has 2 aromatic rings. The van der Waals surface area contributed by atoms with Crippen molar-refractivity contribution >= 4 is 17.5 Å². The van der Waals surface area contributed by atoms with Crippen LogP contribution in [0.1, 0.15) is 16.2 Å². The predicted molar refractivity (Wildman–Crippen MR) is 120 cm³/mol. The third-order valence-electron chi connectivity index (χ3n) is 5.96. The van der Waals surface area contributed by atoms with E-state index >= 15 is 0 Å². The van der Waals surface area contributed by atoms with Gasteiger partial charge in [0.05, 0.1) is 30.1 Å². The number of rotatable bonds is 4. The molecule has 0 aromatic carbocycles. The van der Waals surface area contributed by atoms with E-state index in [4.69, 9.17) is 11.5 Å². The molecule has 11 nitrogen and oxygen atoms in total. The van der Waals surface area contributed by atoms with Crippen molar-refractivity contribution in [2.24, 2.45) is 17.4 Å². The van der Waals surface area contributed by atoms with Crippen molar-refractivity contribution in [1.29, 1.82) is 0 Å². The van der Waals surface area contributed by atoms with E-state index < -0.39 is 18.2 Å². The predicted octanol–water partition coefficient (Wildman–Crippen LogP) is -0.928. The first-order valence-corrected chi connectivity index (χ1v) is 10.6. The van der Waals surface area contributed by atoms with Crippen LogP contribution in [0.15, 0.2) is 30.6 Å². The molecule has 2 saturated heterocycles. The number of hydrazine groups is 1. The van der Waals surface area contributed by atoms with Crippen molar-refractivity contribution in [3.05, 3.63) is 42.0 Å². The molecule has 2 atom stereocenters. The van der Waals surface area contributed by atoms with E-state index in [1.807, 2.05) is 24.9 Å². The summed E-state index contributed by atoms with van der Waals surface area (Å²) in [5.74, 6) is -1.03. The van der Waals surface area contributed by atoms with Gasteiger partial charge in [-0.25, -0.2) is 15.8 Å². The van der Waals surface area contributed by atoms with Crippen LogP contribution in [0.4, 0.5) is 5.69 Å². The maximum absolute atomic E-state index is 12.9. The number of aryl methyl sites for hydroxylation is 1. The Morgan fingerprint density at radius 2 is 1.75 bits per heavy atom. The Bertz CT molecular complexity index is 997. The number of likely N-dealkylation sites (N-methyl/N-ethyl adjacent to an activating group) is 1. The Hall–Kier alpha value is -2.96. The number of aromatic nitrogens is 2. The smallest absolute Gasteiger partial charge is 0.272 e. The summed E-state index contributed by atoms with van der Waals surface area (Å²) in [6.45, 7) is 4.92. The number of nitrogens with zero attached hydrogens (tertiary/aromatic N) is 4. The molecular formula is C21H29N9O2. The minimum atomic E-state index is -0.647. The minimum Gasteiger partial charge on any atom is -0.335 e. The fourth-order valence-electron chi connectivity index (χ4n) is 4.00. The van der Waals surface area contributed by atoms with Crippen LogP contribution in [0.2, 0.25) is 0 Å². The molecule has 0 bridgehead atoms. The van der Waals surface area contributed by atoms with Gasteiger partial charge in [-0.3, -0.25) is 14.6 Å². The molecule has 0 radical (unpaired) electrons. The van der Waals surface area contributed by atoms with Gasteiger partial charge in [-0.2, -0.15) is 0 Å². The molecule has 0 aliphatic carbocycles. The summed E-state index contributed by atoms with van der Waals surface area (Å²) >= 11 is 0. The number of anilines is 1. The van der Waals surface area contributed by atoms with E-state index in [1.54, 1.807) is 24.5 Å². The Kier molecular flexibility index (Phi) is 6.44. The van der Waals surface area contributed by atoms with E-state index in [1.165, 1.54) is 0 Å². The summed E-state index contributed by atoms with van der Waals surface area (Å²) in [6, 6.07) is 5.38. The average molecular weight is 440 g/mol. The van der Waals surface area contributed by atoms with Crippen molar-refractivity contribution in [1.82, 2.24) is 30.6 Å². The molecule has 2 aromatic heterocycles. The number of hydrogen-bond acceptors (Lipinski definition) is 9. The molecule has 2 aliphatic heterocycles. The molecule has 0 saturated carbocycles. The van der Waals surface area contributed by atoms with Gasteiger partial charge >= 0.3 is 0 Å². The van der Waals surface area contributed by atoms with Crippen molar-refractivity contribution in [3.63, 3.8) is 0 Å². The fraction of sp³-hybridized carbons (Fsp3) is 0.429. The van der Waals surface area contributed by atoms with E-state index in [0.717, 1.165) is 24.2 Å². The highest BCUT2D eigenvalue weighted by molar-refractivity contribution is 5.98. The van der Waals surface area contributed by atoms with Gasteiger partial charge in [0, 0.05) is 49.2 Å². The zero-order chi connectivity index (χ0) is 22.8. The van der Waals surface area contributed by atoms with E-state index in [-0.39, 0.29) is 11.8 Å². The van der Waals surface area contributed by atoms with Gasteiger partial charge in [-0.05, 0) is 26.1 Å². The maximum Gasteiger partial charge on any atom is 0.272 e. The van der Waals surface area contributed by atoms with Crippen LogP contribution >= 0.6 is 0 Å². The number of piperazine rings is 1. The minimum absolute atomic E-state index is 0.0692. The number of nitrogens with one attached hydrogen (secondary N) is 3. The second kappa shape index (κ2) is 9.27. The Labute approximate surface area is 186 Å². The molecule has 0 spiro atoms. The highest BCUT2D eigenvalue weighted by atomic mass is 16.2. The van der Waals surface area contributed by atoms with Crippen LogP contribution in [0.5, 0.6) is 0 Å². The Morgan fingerprint density at radius 3 is 2.41 bits per heavy atom. The van der Waals surface area contributed by atoms with Gasteiger partial charge in [0.1, 0.15) is 5.69 Å². The van der Waals surface area contributed by atoms with Crippen LogP contribution in [-0.2, 0) is 4.79 Å². The highest BCUT2D eigenvalue weighted by Crippen LogP contribution is 2.30. The number of carbonyl (C=O) groups is 2. The summed E-state index contributed by atoms with van der Waals surface area (Å²) in [7, 11) is 2.05. The lowest BCUT2D eigenvalue weighted by atomic mass is 10.0. The van der Waals surface area contributed by atoms with E-state index in [2.05, 4.69) is 31.0 Å². The average Bonchev–Trinajstić information content (AvgIpc) is 3.12. The summed E-state index contributed by atoms with van der Waals surface area (Å²) in [6.07, 6.45) is 2.01. The zero-order valence-corrected chi connectivity index (χ0v) is 18.2. The number of carbonyl (C=O) groups excluding carboxylic acids is 2.